The van der Waals surface area contributed by atoms with Gasteiger partial charge in [0.1, 0.15) is 6.54 Å². The van der Waals surface area contributed by atoms with Crippen molar-refractivity contribution in [2.75, 3.05) is 6.54 Å². The molecule has 1 amide bonds. The fraction of sp³-hybridized carbons (Fsp3) is 0.267. The van der Waals surface area contributed by atoms with Gasteiger partial charge in [-0.3, -0.25) is 14.4 Å². The van der Waals surface area contributed by atoms with Gasteiger partial charge in [0.05, 0.1) is 11.1 Å². The van der Waals surface area contributed by atoms with Gasteiger partial charge in [-0.2, -0.15) is 0 Å². The van der Waals surface area contributed by atoms with Crippen LogP contribution in [0.4, 0.5) is 0 Å². The lowest BCUT2D eigenvalue weighted by molar-refractivity contribution is -0.138. The number of H-pyrrole nitrogens is 1. The third-order valence-electron chi connectivity index (χ3n) is 3.25. The molecule has 0 bridgehead atoms. The largest absolute Gasteiger partial charge is 0.480 e. The van der Waals surface area contributed by atoms with Gasteiger partial charge in [0, 0.05) is 22.0 Å². The topological polar surface area (TPSA) is 90.5 Å². The van der Waals surface area contributed by atoms with E-state index >= 15 is 0 Å². The number of pyridine rings is 1. The number of rotatable bonds is 4. The smallest absolute Gasteiger partial charge is 0.323 e. The third kappa shape index (κ3) is 3.19. The van der Waals surface area contributed by atoms with E-state index in [-0.39, 0.29) is 11.6 Å². The first-order valence-electron chi connectivity index (χ1n) is 6.65. The van der Waals surface area contributed by atoms with E-state index in [0.717, 1.165) is 0 Å². The number of halogens is 1. The number of nitrogens with zero attached hydrogens (tertiary/aromatic N) is 1. The first kappa shape index (κ1) is 16.2. The van der Waals surface area contributed by atoms with Crippen LogP contribution in [0.3, 0.4) is 0 Å². The van der Waals surface area contributed by atoms with Crippen LogP contribution in [-0.2, 0) is 4.79 Å². The van der Waals surface area contributed by atoms with E-state index < -0.39 is 24.0 Å². The molecule has 1 heterocycles. The minimum absolute atomic E-state index is 0.190. The molecule has 0 spiro atoms. The molecule has 1 aromatic carbocycles. The predicted molar refractivity (Wildman–Crippen MR) is 86.1 cm³/mol. The summed E-state index contributed by atoms with van der Waals surface area (Å²) in [6, 6.07) is 6.12. The van der Waals surface area contributed by atoms with Gasteiger partial charge in [0.25, 0.3) is 5.91 Å². The van der Waals surface area contributed by atoms with Gasteiger partial charge in [-0.1, -0.05) is 12.1 Å². The van der Waals surface area contributed by atoms with Crippen LogP contribution in [0.15, 0.2) is 33.5 Å². The van der Waals surface area contributed by atoms with Crippen molar-refractivity contribution < 1.29 is 14.7 Å². The highest BCUT2D eigenvalue weighted by Crippen LogP contribution is 2.24. The van der Waals surface area contributed by atoms with Crippen molar-refractivity contribution in [2.24, 2.45) is 0 Å². The molecule has 2 N–H and O–H groups in total. The summed E-state index contributed by atoms with van der Waals surface area (Å²) in [5, 5.41) is 9.54. The number of carbonyl (C=O) groups excluding carboxylic acids is 1. The highest BCUT2D eigenvalue weighted by atomic mass is 79.9. The van der Waals surface area contributed by atoms with Gasteiger partial charge in [0.15, 0.2) is 0 Å². The van der Waals surface area contributed by atoms with Crippen molar-refractivity contribution in [1.29, 1.82) is 0 Å². The van der Waals surface area contributed by atoms with E-state index in [4.69, 9.17) is 5.11 Å². The lowest BCUT2D eigenvalue weighted by Crippen LogP contribution is -2.41. The quantitative estimate of drug-likeness (QED) is 0.867. The van der Waals surface area contributed by atoms with E-state index in [1.807, 2.05) is 0 Å². The molecule has 0 saturated heterocycles. The Morgan fingerprint density at radius 1 is 1.36 bits per heavy atom. The molecule has 1 aromatic heterocycles. The Bertz CT molecular complexity index is 798. The summed E-state index contributed by atoms with van der Waals surface area (Å²) in [6.07, 6.45) is 0. The molecule has 2 aromatic rings. The number of aromatic amines is 1. The fourth-order valence-electron chi connectivity index (χ4n) is 2.21. The molecule has 0 unspecified atom stereocenters. The molecular weight excluding hydrogens is 352 g/mol. The molecule has 0 atom stereocenters. The molecule has 7 heteroatoms. The van der Waals surface area contributed by atoms with E-state index in [9.17, 15) is 14.4 Å². The summed E-state index contributed by atoms with van der Waals surface area (Å²) in [6.45, 7) is 3.04. The highest BCUT2D eigenvalue weighted by molar-refractivity contribution is 9.10. The first-order chi connectivity index (χ1) is 10.3. The average Bonchev–Trinajstić information content (AvgIpc) is 2.44. The van der Waals surface area contributed by atoms with E-state index in [2.05, 4.69) is 20.9 Å². The van der Waals surface area contributed by atoms with Gasteiger partial charge in [-0.05, 0) is 35.8 Å². The third-order valence-corrected chi connectivity index (χ3v) is 3.91. The second-order valence-corrected chi connectivity index (χ2v) is 5.98. The Balaban J connectivity index is 2.62. The zero-order valence-corrected chi connectivity index (χ0v) is 13.7. The fourth-order valence-corrected chi connectivity index (χ4v) is 2.68. The maximum absolute atomic E-state index is 12.7. The molecular formula is C15H15BrN2O4. The van der Waals surface area contributed by atoms with Gasteiger partial charge in [0.2, 0.25) is 5.56 Å². The van der Waals surface area contributed by atoms with Crippen LogP contribution in [0, 0.1) is 0 Å². The second kappa shape index (κ2) is 6.31. The summed E-state index contributed by atoms with van der Waals surface area (Å²) >= 11 is 3.33. The summed E-state index contributed by atoms with van der Waals surface area (Å²) in [7, 11) is 0. The zero-order valence-electron chi connectivity index (χ0n) is 12.1. The Hall–Kier alpha value is -2.15. The van der Waals surface area contributed by atoms with E-state index in [1.165, 1.54) is 11.0 Å². The zero-order chi connectivity index (χ0) is 16.4. The summed E-state index contributed by atoms with van der Waals surface area (Å²) in [5.41, 5.74) is 0.286. The van der Waals surface area contributed by atoms with Crippen molar-refractivity contribution >= 4 is 38.7 Å². The molecule has 2 rings (SSSR count). The number of fused-ring (bicyclic) bond motifs is 1. The molecule has 0 fully saturated rings. The molecule has 0 aliphatic heterocycles. The van der Waals surface area contributed by atoms with Crippen LogP contribution in [0.5, 0.6) is 0 Å². The number of benzene rings is 1. The summed E-state index contributed by atoms with van der Waals surface area (Å²) in [5.74, 6) is -1.58. The summed E-state index contributed by atoms with van der Waals surface area (Å²) < 4.78 is 0.658. The van der Waals surface area contributed by atoms with Crippen molar-refractivity contribution in [3.63, 3.8) is 0 Å². The number of aromatic nitrogens is 1. The van der Waals surface area contributed by atoms with Crippen molar-refractivity contribution in [2.45, 2.75) is 19.9 Å². The van der Waals surface area contributed by atoms with Gasteiger partial charge in [-0.25, -0.2) is 0 Å². The lowest BCUT2D eigenvalue weighted by Gasteiger charge is -2.25. The van der Waals surface area contributed by atoms with Crippen molar-refractivity contribution in [1.82, 2.24) is 9.88 Å². The minimum atomic E-state index is -1.10. The molecule has 0 aliphatic carbocycles. The maximum Gasteiger partial charge on any atom is 0.323 e. The molecule has 6 nitrogen and oxygen atoms in total. The Morgan fingerprint density at radius 2 is 2.05 bits per heavy atom. The molecule has 22 heavy (non-hydrogen) atoms. The normalized spacial score (nSPS) is 10.9. The van der Waals surface area contributed by atoms with Crippen LogP contribution < -0.4 is 5.56 Å². The number of hydrogen-bond acceptors (Lipinski definition) is 3. The van der Waals surface area contributed by atoms with Crippen LogP contribution in [-0.4, -0.2) is 39.5 Å². The predicted octanol–water partition coefficient (Wildman–Crippen LogP) is 2.23. The first-order valence-corrected chi connectivity index (χ1v) is 7.45. The summed E-state index contributed by atoms with van der Waals surface area (Å²) in [4.78, 5) is 39.4. The second-order valence-electron chi connectivity index (χ2n) is 5.13. The van der Waals surface area contributed by atoms with Gasteiger partial charge in [-0.15, -0.1) is 0 Å². The number of hydrogen-bond donors (Lipinski definition) is 2. The van der Waals surface area contributed by atoms with E-state index in [1.54, 1.807) is 32.0 Å². The van der Waals surface area contributed by atoms with Gasteiger partial charge >= 0.3 is 5.97 Å². The maximum atomic E-state index is 12.7. The SMILES string of the molecule is CC(C)N(CC(=O)O)C(=O)c1cc(=O)[nH]c2c(Br)cccc12. The monoisotopic (exact) mass is 366 g/mol. The highest BCUT2D eigenvalue weighted by Gasteiger charge is 2.23. The molecule has 0 saturated carbocycles. The number of nitrogens with one attached hydrogen (secondary N) is 1. The average molecular weight is 367 g/mol. The molecule has 0 radical (unpaired) electrons. The van der Waals surface area contributed by atoms with Crippen molar-refractivity contribution in [3.8, 4) is 0 Å². The molecule has 116 valence electrons. The van der Waals surface area contributed by atoms with Crippen LogP contribution >= 0.6 is 15.9 Å². The Labute approximate surface area is 134 Å². The Morgan fingerprint density at radius 3 is 2.64 bits per heavy atom. The molecule has 0 aliphatic rings. The van der Waals surface area contributed by atoms with Gasteiger partial charge < -0.3 is 15.0 Å². The standard InChI is InChI=1S/C15H15BrN2O4/c1-8(2)18(7-13(20)21)15(22)10-6-12(19)17-14-9(10)4-3-5-11(14)16/h3-6,8H,7H2,1-2H3,(H,17,19)(H,20,21). The number of carboxylic acids is 1. The van der Waals surface area contributed by atoms with Crippen LogP contribution in [0.2, 0.25) is 0 Å². The minimum Gasteiger partial charge on any atom is -0.480 e. The van der Waals surface area contributed by atoms with Crippen LogP contribution in [0.25, 0.3) is 10.9 Å². The van der Waals surface area contributed by atoms with E-state index in [0.29, 0.717) is 15.4 Å². The number of aliphatic carboxylic acids is 1. The van der Waals surface area contributed by atoms with Crippen molar-refractivity contribution in [3.05, 3.63) is 44.7 Å². The lowest BCUT2D eigenvalue weighted by atomic mass is 10.1. The number of carbonyl (C=O) groups is 2. The number of carboxylic acid groups (broad SMARTS) is 1. The number of amides is 1. The number of para-hydroxylation sites is 1. The Kier molecular flexibility index (Phi) is 4.65. The van der Waals surface area contributed by atoms with Crippen LogP contribution in [0.1, 0.15) is 24.2 Å².